The van der Waals surface area contributed by atoms with Gasteiger partial charge in [0.1, 0.15) is 5.84 Å². The third kappa shape index (κ3) is 2.48. The highest BCUT2D eigenvalue weighted by atomic mass is 16.6. The van der Waals surface area contributed by atoms with Crippen LogP contribution in [0, 0.1) is 10.8 Å². The summed E-state index contributed by atoms with van der Waals surface area (Å²) < 4.78 is 5.24. The first-order valence-electron chi connectivity index (χ1n) is 7.32. The van der Waals surface area contributed by atoms with E-state index in [1.165, 1.54) is 5.57 Å². The summed E-state index contributed by atoms with van der Waals surface area (Å²) in [5.41, 5.74) is 2.17. The molecule has 0 N–H and O–H groups in total. The van der Waals surface area contributed by atoms with E-state index in [-0.39, 0.29) is 23.0 Å². The number of carbonyl (C=O) groups is 1. The average Bonchev–Trinajstić information content (AvgIpc) is 2.24. The lowest BCUT2D eigenvalue weighted by Crippen LogP contribution is -2.50. The molecule has 0 aromatic rings. The van der Waals surface area contributed by atoms with Crippen LogP contribution in [0.1, 0.15) is 54.9 Å². The number of fused-ring (bicyclic) bond motifs is 1. The summed E-state index contributed by atoms with van der Waals surface area (Å²) in [6.07, 6.45) is 0.492. The van der Waals surface area contributed by atoms with Crippen molar-refractivity contribution in [2.24, 2.45) is 15.8 Å². The molecule has 1 saturated heterocycles. The number of rotatable bonds is 0. The van der Waals surface area contributed by atoms with Crippen molar-refractivity contribution in [2.45, 2.75) is 60.9 Å². The van der Waals surface area contributed by atoms with E-state index in [9.17, 15) is 4.79 Å². The van der Waals surface area contributed by atoms with E-state index in [0.717, 1.165) is 18.0 Å². The van der Waals surface area contributed by atoms with Crippen LogP contribution in [0.5, 0.6) is 0 Å². The zero-order valence-electron chi connectivity index (χ0n) is 13.7. The summed E-state index contributed by atoms with van der Waals surface area (Å²) in [7, 11) is 0. The molecular formula is C16H26N2O2. The second-order valence-electron chi connectivity index (χ2n) is 7.69. The van der Waals surface area contributed by atoms with E-state index in [0.29, 0.717) is 6.61 Å². The van der Waals surface area contributed by atoms with Crippen molar-refractivity contribution in [3.05, 3.63) is 11.3 Å². The summed E-state index contributed by atoms with van der Waals surface area (Å²) in [5.74, 6) is 0.817. The first-order chi connectivity index (χ1) is 9.03. The zero-order valence-corrected chi connectivity index (χ0v) is 13.7. The molecule has 4 heteroatoms. The van der Waals surface area contributed by atoms with E-state index in [2.05, 4.69) is 48.5 Å². The number of carbonyl (C=O) groups excluding carboxylic acids is 1. The molecule has 0 radical (unpaired) electrons. The molecule has 0 unspecified atom stereocenters. The van der Waals surface area contributed by atoms with E-state index >= 15 is 0 Å². The number of aliphatic imine (C=N–C) groups is 1. The molecule has 20 heavy (non-hydrogen) atoms. The van der Waals surface area contributed by atoms with Gasteiger partial charge in [-0.25, -0.2) is 9.69 Å². The number of amidine groups is 1. The normalized spacial score (nSPS) is 24.4. The van der Waals surface area contributed by atoms with Crippen LogP contribution in [0.3, 0.4) is 0 Å². The van der Waals surface area contributed by atoms with E-state index < -0.39 is 0 Å². The largest absolute Gasteiger partial charge is 0.448 e. The number of hydrogen-bond acceptors (Lipinski definition) is 3. The van der Waals surface area contributed by atoms with Gasteiger partial charge in [-0.15, -0.1) is 0 Å². The molecule has 4 nitrogen and oxygen atoms in total. The van der Waals surface area contributed by atoms with Crippen LogP contribution in [-0.2, 0) is 4.74 Å². The molecule has 2 aliphatic heterocycles. The third-order valence-electron chi connectivity index (χ3n) is 3.75. The van der Waals surface area contributed by atoms with Gasteiger partial charge < -0.3 is 4.74 Å². The molecule has 1 fully saturated rings. The summed E-state index contributed by atoms with van der Waals surface area (Å²) in [6.45, 7) is 15.4. The van der Waals surface area contributed by atoms with Gasteiger partial charge in [0.25, 0.3) is 0 Å². The minimum absolute atomic E-state index is 0.00245. The topological polar surface area (TPSA) is 41.9 Å². The Labute approximate surface area is 121 Å². The highest BCUT2D eigenvalue weighted by Crippen LogP contribution is 2.41. The van der Waals surface area contributed by atoms with Gasteiger partial charge in [0.15, 0.2) is 0 Å². The van der Waals surface area contributed by atoms with Crippen molar-refractivity contribution in [1.82, 2.24) is 4.90 Å². The Bertz CT molecular complexity index is 490. The summed E-state index contributed by atoms with van der Waals surface area (Å²) in [4.78, 5) is 18.8. The van der Waals surface area contributed by atoms with Crippen molar-refractivity contribution in [3.63, 3.8) is 0 Å². The lowest BCUT2D eigenvalue weighted by molar-refractivity contribution is 0.106. The first kappa shape index (κ1) is 15.1. The number of ether oxygens (including phenoxy) is 1. The predicted octanol–water partition coefficient (Wildman–Crippen LogP) is 3.98. The molecule has 0 aromatic heterocycles. The molecule has 0 bridgehead atoms. The van der Waals surface area contributed by atoms with Crippen molar-refractivity contribution in [1.29, 1.82) is 0 Å². The molecule has 2 heterocycles. The second kappa shape index (κ2) is 4.61. The Morgan fingerprint density at radius 2 is 1.75 bits per heavy atom. The molecule has 1 atom stereocenters. The number of nitrogens with zero attached hydrogens (tertiary/aromatic N) is 2. The molecular weight excluding hydrogens is 252 g/mol. The van der Waals surface area contributed by atoms with Crippen molar-refractivity contribution < 1.29 is 9.53 Å². The molecule has 2 rings (SSSR count). The maximum atomic E-state index is 12.3. The van der Waals surface area contributed by atoms with Gasteiger partial charge >= 0.3 is 6.09 Å². The fourth-order valence-electron chi connectivity index (χ4n) is 3.13. The zero-order chi connectivity index (χ0) is 15.3. The Morgan fingerprint density at radius 1 is 1.15 bits per heavy atom. The summed E-state index contributed by atoms with van der Waals surface area (Å²) in [6, 6.07) is 0.112. The lowest BCUT2D eigenvalue weighted by atomic mass is 9.78. The van der Waals surface area contributed by atoms with Crippen LogP contribution in [-0.4, -0.2) is 29.5 Å². The minimum Gasteiger partial charge on any atom is -0.448 e. The SMILES string of the molecule is C[C@@H]1N=C(C(C)(C)C)N2C(=O)OCCC2=C1C(C)(C)C. The lowest BCUT2D eigenvalue weighted by Gasteiger charge is -2.44. The average molecular weight is 278 g/mol. The highest BCUT2D eigenvalue weighted by molar-refractivity contribution is 6.01. The fourth-order valence-corrected chi connectivity index (χ4v) is 3.13. The quantitative estimate of drug-likeness (QED) is 0.672. The van der Waals surface area contributed by atoms with Crippen molar-refractivity contribution >= 4 is 11.9 Å². The molecule has 0 saturated carbocycles. The van der Waals surface area contributed by atoms with Gasteiger partial charge in [0.05, 0.1) is 12.6 Å². The second-order valence-corrected chi connectivity index (χ2v) is 7.69. The summed E-state index contributed by atoms with van der Waals surface area (Å²) in [5, 5.41) is 0. The Morgan fingerprint density at radius 3 is 2.25 bits per heavy atom. The van der Waals surface area contributed by atoms with Crippen molar-refractivity contribution in [2.75, 3.05) is 6.61 Å². The van der Waals surface area contributed by atoms with Gasteiger partial charge in [-0.3, -0.25) is 4.99 Å². The summed E-state index contributed by atoms with van der Waals surface area (Å²) >= 11 is 0. The number of cyclic esters (lactones) is 1. The van der Waals surface area contributed by atoms with Crippen LogP contribution in [0.2, 0.25) is 0 Å². The monoisotopic (exact) mass is 278 g/mol. The third-order valence-corrected chi connectivity index (χ3v) is 3.75. The Balaban J connectivity index is 2.60. The van der Waals surface area contributed by atoms with Crippen molar-refractivity contribution in [3.8, 4) is 0 Å². The molecule has 112 valence electrons. The molecule has 0 spiro atoms. The van der Waals surface area contributed by atoms with Gasteiger partial charge in [-0.05, 0) is 17.9 Å². The van der Waals surface area contributed by atoms with E-state index in [4.69, 9.17) is 9.73 Å². The highest BCUT2D eigenvalue weighted by Gasteiger charge is 2.42. The van der Waals surface area contributed by atoms with Crippen LogP contribution in [0.15, 0.2) is 16.3 Å². The van der Waals surface area contributed by atoms with Crippen LogP contribution in [0.25, 0.3) is 0 Å². The predicted molar refractivity (Wildman–Crippen MR) is 80.6 cm³/mol. The molecule has 0 aromatic carbocycles. The minimum atomic E-state index is -0.284. The smallest absolute Gasteiger partial charge is 0.419 e. The Kier molecular flexibility index (Phi) is 3.47. The molecule has 0 aliphatic carbocycles. The van der Waals surface area contributed by atoms with Gasteiger partial charge in [-0.2, -0.15) is 0 Å². The van der Waals surface area contributed by atoms with E-state index in [1.54, 1.807) is 4.90 Å². The Hall–Kier alpha value is -1.32. The molecule has 1 amide bonds. The fraction of sp³-hybridized carbons (Fsp3) is 0.750. The first-order valence-corrected chi connectivity index (χ1v) is 7.32. The maximum absolute atomic E-state index is 12.3. The van der Waals surface area contributed by atoms with Crippen LogP contribution in [0.4, 0.5) is 4.79 Å². The van der Waals surface area contributed by atoms with Gasteiger partial charge in [0.2, 0.25) is 0 Å². The van der Waals surface area contributed by atoms with Crippen LogP contribution < -0.4 is 0 Å². The van der Waals surface area contributed by atoms with E-state index in [1.807, 2.05) is 0 Å². The number of hydrogen-bond donors (Lipinski definition) is 0. The number of amides is 1. The van der Waals surface area contributed by atoms with Gasteiger partial charge in [0, 0.05) is 17.5 Å². The molecule has 2 aliphatic rings. The standard InChI is InChI=1S/C16H26N2O2/c1-10-12(15(2,3)4)11-8-9-20-14(19)18(11)13(17-10)16(5,6)7/h10H,8-9H2,1-7H3/t10-/m0/s1. The maximum Gasteiger partial charge on any atom is 0.419 e. The van der Waals surface area contributed by atoms with Crippen LogP contribution >= 0.6 is 0 Å². The van der Waals surface area contributed by atoms with Gasteiger partial charge in [-0.1, -0.05) is 41.5 Å².